The molecule has 0 bridgehead atoms. The molecule has 0 spiro atoms. The quantitative estimate of drug-likeness (QED) is 0.486. The molecule has 0 aliphatic rings. The fourth-order valence-electron chi connectivity index (χ4n) is 1.45. The zero-order valence-corrected chi connectivity index (χ0v) is 10.6. The number of hydrogen-bond donors (Lipinski definition) is 1. The highest BCUT2D eigenvalue weighted by atomic mass is 32.2. The maximum absolute atomic E-state index is 5.68. The van der Waals surface area contributed by atoms with Gasteiger partial charge in [0.2, 0.25) is 0 Å². The molecule has 4 nitrogen and oxygen atoms in total. The van der Waals surface area contributed by atoms with Gasteiger partial charge in [0.05, 0.1) is 0 Å². The van der Waals surface area contributed by atoms with E-state index in [0.717, 1.165) is 36.5 Å². The lowest BCUT2D eigenvalue weighted by Crippen LogP contribution is -1.94. The molecule has 0 atom stereocenters. The number of aromatic nitrogens is 1. The predicted molar refractivity (Wildman–Crippen MR) is 70.3 cm³/mol. The SMILES string of the molecule is CCOCCCSc1nc2cc(N)ccc2o1. The summed E-state index contributed by atoms with van der Waals surface area (Å²) in [6.07, 6.45) is 0.999. The fourth-order valence-corrected chi connectivity index (χ4v) is 2.20. The number of anilines is 1. The van der Waals surface area contributed by atoms with Crippen LogP contribution in [0.25, 0.3) is 11.1 Å². The number of hydrogen-bond acceptors (Lipinski definition) is 5. The Bertz CT molecular complexity index is 484. The summed E-state index contributed by atoms with van der Waals surface area (Å²) in [4.78, 5) is 4.37. The van der Waals surface area contributed by atoms with E-state index >= 15 is 0 Å². The van der Waals surface area contributed by atoms with Gasteiger partial charge in [-0.15, -0.1) is 0 Å². The Balaban J connectivity index is 1.91. The van der Waals surface area contributed by atoms with Gasteiger partial charge in [-0.3, -0.25) is 0 Å². The molecule has 5 heteroatoms. The van der Waals surface area contributed by atoms with Crippen LogP contribution in [0, 0.1) is 0 Å². The molecule has 0 fully saturated rings. The summed E-state index contributed by atoms with van der Waals surface area (Å²) in [6.45, 7) is 3.56. The zero-order chi connectivity index (χ0) is 12.1. The monoisotopic (exact) mass is 252 g/mol. The first-order valence-corrected chi connectivity index (χ1v) is 6.65. The van der Waals surface area contributed by atoms with Gasteiger partial charge in [-0.25, -0.2) is 4.98 Å². The highest BCUT2D eigenvalue weighted by Gasteiger charge is 2.05. The first kappa shape index (κ1) is 12.3. The Morgan fingerprint density at radius 2 is 2.35 bits per heavy atom. The molecule has 1 heterocycles. The van der Waals surface area contributed by atoms with E-state index in [9.17, 15) is 0 Å². The average Bonchev–Trinajstić information content (AvgIpc) is 2.70. The standard InChI is InChI=1S/C12H16N2O2S/c1-2-15-6-3-7-17-12-14-10-8-9(13)4-5-11(10)16-12/h4-5,8H,2-3,6-7,13H2,1H3. The third kappa shape index (κ3) is 3.38. The summed E-state index contributed by atoms with van der Waals surface area (Å²) < 4.78 is 10.9. The number of nitrogens with zero attached hydrogens (tertiary/aromatic N) is 1. The molecule has 2 rings (SSSR count). The van der Waals surface area contributed by atoms with Gasteiger partial charge in [0, 0.05) is 24.7 Å². The molecule has 2 aromatic rings. The van der Waals surface area contributed by atoms with Crippen LogP contribution in [-0.4, -0.2) is 24.0 Å². The minimum atomic E-state index is 0.696. The van der Waals surface area contributed by atoms with Gasteiger partial charge in [0.15, 0.2) is 5.58 Å². The minimum Gasteiger partial charge on any atom is -0.431 e. The van der Waals surface area contributed by atoms with Crippen molar-refractivity contribution in [1.82, 2.24) is 4.98 Å². The van der Waals surface area contributed by atoms with Crippen molar-refractivity contribution in [2.45, 2.75) is 18.6 Å². The number of nitrogen functional groups attached to an aromatic ring is 1. The lowest BCUT2D eigenvalue weighted by molar-refractivity contribution is 0.149. The maximum Gasteiger partial charge on any atom is 0.256 e. The molecule has 0 saturated heterocycles. The van der Waals surface area contributed by atoms with Gasteiger partial charge in [-0.05, 0) is 31.5 Å². The number of benzene rings is 1. The normalized spacial score (nSPS) is 11.1. The third-order valence-electron chi connectivity index (χ3n) is 2.25. The van der Waals surface area contributed by atoms with E-state index in [1.54, 1.807) is 11.8 Å². The molecule has 0 unspecified atom stereocenters. The van der Waals surface area contributed by atoms with Crippen molar-refractivity contribution in [2.75, 3.05) is 24.7 Å². The van der Waals surface area contributed by atoms with Crippen molar-refractivity contribution >= 4 is 28.5 Å². The Hall–Kier alpha value is -1.20. The van der Waals surface area contributed by atoms with Crippen LogP contribution in [0.1, 0.15) is 13.3 Å². The van der Waals surface area contributed by atoms with E-state index in [-0.39, 0.29) is 0 Å². The van der Waals surface area contributed by atoms with Gasteiger partial charge >= 0.3 is 0 Å². The van der Waals surface area contributed by atoms with Crippen molar-refractivity contribution < 1.29 is 9.15 Å². The second-order valence-electron chi connectivity index (χ2n) is 3.61. The molecule has 92 valence electrons. The topological polar surface area (TPSA) is 61.3 Å². The second kappa shape index (κ2) is 5.93. The second-order valence-corrected chi connectivity index (χ2v) is 4.65. The Kier molecular flexibility index (Phi) is 4.28. The molecule has 2 N–H and O–H groups in total. The summed E-state index contributed by atoms with van der Waals surface area (Å²) in [6, 6.07) is 5.49. The first-order valence-electron chi connectivity index (χ1n) is 5.66. The number of oxazole rings is 1. The van der Waals surface area contributed by atoms with Crippen LogP contribution < -0.4 is 5.73 Å². The van der Waals surface area contributed by atoms with Gasteiger partial charge in [-0.2, -0.15) is 0 Å². The molecule has 0 radical (unpaired) electrons. The summed E-state index contributed by atoms with van der Waals surface area (Å²) >= 11 is 1.60. The van der Waals surface area contributed by atoms with Gasteiger partial charge < -0.3 is 14.9 Å². The van der Waals surface area contributed by atoms with Gasteiger partial charge in [-0.1, -0.05) is 11.8 Å². The van der Waals surface area contributed by atoms with E-state index in [4.69, 9.17) is 14.9 Å². The van der Waals surface area contributed by atoms with Crippen molar-refractivity contribution in [3.05, 3.63) is 18.2 Å². The lowest BCUT2D eigenvalue weighted by atomic mass is 10.3. The average molecular weight is 252 g/mol. The van der Waals surface area contributed by atoms with E-state index in [1.165, 1.54) is 0 Å². The van der Waals surface area contributed by atoms with Gasteiger partial charge in [0.1, 0.15) is 5.52 Å². The van der Waals surface area contributed by atoms with Crippen LogP contribution in [-0.2, 0) is 4.74 Å². The lowest BCUT2D eigenvalue weighted by Gasteiger charge is -1.98. The molecular formula is C12H16N2O2S. The molecule has 0 saturated carbocycles. The van der Waals surface area contributed by atoms with E-state index in [2.05, 4.69) is 4.98 Å². The van der Waals surface area contributed by atoms with Crippen molar-refractivity contribution in [1.29, 1.82) is 0 Å². The number of thioether (sulfide) groups is 1. The van der Waals surface area contributed by atoms with Gasteiger partial charge in [0.25, 0.3) is 5.22 Å². The first-order chi connectivity index (χ1) is 8.29. The molecule has 0 amide bonds. The molecule has 17 heavy (non-hydrogen) atoms. The van der Waals surface area contributed by atoms with Crippen molar-refractivity contribution in [2.24, 2.45) is 0 Å². The van der Waals surface area contributed by atoms with Crippen LogP contribution in [0.3, 0.4) is 0 Å². The summed E-state index contributed by atoms with van der Waals surface area (Å²) in [7, 11) is 0. The minimum absolute atomic E-state index is 0.696. The number of ether oxygens (including phenoxy) is 1. The maximum atomic E-state index is 5.68. The van der Waals surface area contributed by atoms with Crippen LogP contribution in [0.15, 0.2) is 27.8 Å². The van der Waals surface area contributed by atoms with Crippen molar-refractivity contribution in [3.63, 3.8) is 0 Å². The summed E-state index contributed by atoms with van der Waals surface area (Å²) in [5, 5.41) is 0.696. The zero-order valence-electron chi connectivity index (χ0n) is 9.81. The van der Waals surface area contributed by atoms with Crippen LogP contribution >= 0.6 is 11.8 Å². The molecule has 0 aliphatic carbocycles. The summed E-state index contributed by atoms with van der Waals surface area (Å²) in [5.74, 6) is 0.947. The molecule has 0 aliphatic heterocycles. The molecule has 1 aromatic carbocycles. The largest absolute Gasteiger partial charge is 0.431 e. The number of nitrogens with two attached hydrogens (primary N) is 1. The highest BCUT2D eigenvalue weighted by Crippen LogP contribution is 2.25. The molecule has 1 aromatic heterocycles. The Morgan fingerprint density at radius 3 is 3.18 bits per heavy atom. The fraction of sp³-hybridized carbons (Fsp3) is 0.417. The van der Waals surface area contributed by atoms with Crippen molar-refractivity contribution in [3.8, 4) is 0 Å². The third-order valence-corrected chi connectivity index (χ3v) is 3.17. The summed E-state index contributed by atoms with van der Waals surface area (Å²) in [5.41, 5.74) is 7.99. The Labute approximate surface area is 105 Å². The van der Waals surface area contributed by atoms with Crippen LogP contribution in [0.4, 0.5) is 5.69 Å². The number of rotatable bonds is 6. The van der Waals surface area contributed by atoms with E-state index in [0.29, 0.717) is 10.9 Å². The van der Waals surface area contributed by atoms with Crippen LogP contribution in [0.2, 0.25) is 0 Å². The van der Waals surface area contributed by atoms with E-state index in [1.807, 2.05) is 25.1 Å². The predicted octanol–water partition coefficient (Wildman–Crippen LogP) is 2.93. The van der Waals surface area contributed by atoms with E-state index < -0.39 is 0 Å². The Morgan fingerprint density at radius 1 is 1.47 bits per heavy atom. The van der Waals surface area contributed by atoms with Crippen LogP contribution in [0.5, 0.6) is 0 Å². The highest BCUT2D eigenvalue weighted by molar-refractivity contribution is 7.99. The number of fused-ring (bicyclic) bond motifs is 1. The molecular weight excluding hydrogens is 236 g/mol. The smallest absolute Gasteiger partial charge is 0.256 e.